The summed E-state index contributed by atoms with van der Waals surface area (Å²) in [7, 11) is 0. The number of nitrogens with two attached hydrogens (primary N) is 1. The number of carbonyl (C=O) groups excluding carboxylic acids is 2. The van der Waals surface area contributed by atoms with E-state index in [1.807, 2.05) is 31.2 Å². The van der Waals surface area contributed by atoms with Crippen LogP contribution in [0, 0.1) is 28.6 Å². The van der Waals surface area contributed by atoms with Crippen LogP contribution in [0.4, 0.5) is 0 Å². The number of rotatable bonds is 7. The molecule has 0 radical (unpaired) electrons. The molecule has 0 bridgehead atoms. The number of Topliss-reactive ketones (excluding diaryl/α,β-unsaturated/α-hetero) is 1. The Labute approximate surface area is 177 Å². The molecule has 160 valence electrons. The summed E-state index contributed by atoms with van der Waals surface area (Å²) in [5.74, 6) is -1.57. The number of hydrogen-bond donors (Lipinski definition) is 2. The van der Waals surface area contributed by atoms with Gasteiger partial charge in [-0.3, -0.25) is 4.79 Å². The number of hydrogen-bond acceptors (Lipinski definition) is 7. The number of nitrogens with one attached hydrogen (secondary N) is 1. The van der Waals surface area contributed by atoms with Gasteiger partial charge in [0.25, 0.3) is 0 Å². The molecule has 30 heavy (non-hydrogen) atoms. The van der Waals surface area contributed by atoms with E-state index in [1.54, 1.807) is 6.92 Å². The standard InChI is InChI=1S/C23H29N3O4/c1-3-30-22(28)20-17(14-29-12-11-24)26-16-8-6-9-18(27)19(16)21(20)23(2)10-5-4-7-15(23)13-25/h4-5,7,10,15,21,26H,3,6,8-9,11-12,14,24H2,1-2H3. The van der Waals surface area contributed by atoms with Gasteiger partial charge in [0.2, 0.25) is 0 Å². The molecule has 3 unspecified atom stereocenters. The number of nitrogens with zero attached hydrogens (tertiary/aromatic N) is 1. The molecule has 2 aliphatic carbocycles. The quantitative estimate of drug-likeness (QED) is 0.488. The van der Waals surface area contributed by atoms with Gasteiger partial charge in [-0.25, -0.2) is 4.79 Å². The van der Waals surface area contributed by atoms with Crippen molar-refractivity contribution in [3.05, 3.63) is 46.8 Å². The molecule has 0 aromatic rings. The Morgan fingerprint density at radius 1 is 1.40 bits per heavy atom. The third-order valence-corrected chi connectivity index (χ3v) is 5.97. The highest BCUT2D eigenvalue weighted by atomic mass is 16.5. The second-order valence-electron chi connectivity index (χ2n) is 7.90. The third-order valence-electron chi connectivity index (χ3n) is 5.97. The van der Waals surface area contributed by atoms with Gasteiger partial charge in [0.05, 0.1) is 43.1 Å². The summed E-state index contributed by atoms with van der Waals surface area (Å²) in [5, 5.41) is 13.2. The topological polar surface area (TPSA) is 114 Å². The summed E-state index contributed by atoms with van der Waals surface area (Å²) in [4.78, 5) is 26.2. The summed E-state index contributed by atoms with van der Waals surface area (Å²) in [5.41, 5.74) is 7.13. The second kappa shape index (κ2) is 9.41. The normalized spacial score (nSPS) is 28.1. The van der Waals surface area contributed by atoms with Crippen LogP contribution in [0.15, 0.2) is 46.8 Å². The first-order valence-electron chi connectivity index (χ1n) is 10.4. The number of carbonyl (C=O) groups is 2. The highest BCUT2D eigenvalue weighted by Crippen LogP contribution is 2.51. The largest absolute Gasteiger partial charge is 0.463 e. The Morgan fingerprint density at radius 3 is 2.90 bits per heavy atom. The molecule has 7 nitrogen and oxygen atoms in total. The fourth-order valence-electron chi connectivity index (χ4n) is 4.55. The Kier molecular flexibility index (Phi) is 6.91. The lowest BCUT2D eigenvalue weighted by Gasteiger charge is -2.45. The number of nitriles is 1. The Hall–Kier alpha value is -2.69. The van der Waals surface area contributed by atoms with E-state index >= 15 is 0 Å². The first kappa shape index (κ1) is 22.0. The zero-order valence-corrected chi connectivity index (χ0v) is 17.6. The minimum atomic E-state index is -0.777. The molecular formula is C23H29N3O4. The second-order valence-corrected chi connectivity index (χ2v) is 7.90. The van der Waals surface area contributed by atoms with Gasteiger partial charge in [0.1, 0.15) is 0 Å². The van der Waals surface area contributed by atoms with Gasteiger partial charge >= 0.3 is 5.97 Å². The maximum atomic E-state index is 13.2. The number of ether oxygens (including phenoxy) is 2. The van der Waals surface area contributed by atoms with E-state index in [2.05, 4.69) is 11.4 Å². The molecule has 0 aromatic heterocycles. The van der Waals surface area contributed by atoms with Crippen LogP contribution in [0.3, 0.4) is 0 Å². The smallest absolute Gasteiger partial charge is 0.336 e. The molecule has 1 aliphatic heterocycles. The van der Waals surface area contributed by atoms with Crippen molar-refractivity contribution < 1.29 is 19.1 Å². The molecular weight excluding hydrogens is 382 g/mol. The van der Waals surface area contributed by atoms with Crippen LogP contribution in [-0.4, -0.2) is 38.1 Å². The summed E-state index contributed by atoms with van der Waals surface area (Å²) in [6, 6.07) is 2.35. The van der Waals surface area contributed by atoms with Crippen molar-refractivity contribution in [1.82, 2.24) is 5.32 Å². The third kappa shape index (κ3) is 3.98. The molecule has 3 rings (SSSR count). The molecule has 3 atom stereocenters. The van der Waals surface area contributed by atoms with Crippen LogP contribution in [-0.2, 0) is 19.1 Å². The molecule has 0 amide bonds. The van der Waals surface area contributed by atoms with Gasteiger partial charge in [-0.15, -0.1) is 0 Å². The summed E-state index contributed by atoms with van der Waals surface area (Å²) in [6.45, 7) is 4.74. The van der Waals surface area contributed by atoms with Crippen LogP contribution in [0.25, 0.3) is 0 Å². The van der Waals surface area contributed by atoms with E-state index in [0.29, 0.717) is 42.8 Å². The van der Waals surface area contributed by atoms with Gasteiger partial charge < -0.3 is 20.5 Å². The molecule has 0 saturated carbocycles. The number of dihydropyridines is 1. The van der Waals surface area contributed by atoms with Crippen molar-refractivity contribution in [3.8, 4) is 6.07 Å². The zero-order valence-electron chi connectivity index (χ0n) is 17.6. The van der Waals surface area contributed by atoms with Crippen LogP contribution in [0.2, 0.25) is 0 Å². The predicted octanol–water partition coefficient (Wildman–Crippen LogP) is 2.28. The van der Waals surface area contributed by atoms with Gasteiger partial charge in [-0.2, -0.15) is 5.26 Å². The van der Waals surface area contributed by atoms with Gasteiger partial charge in [0.15, 0.2) is 5.78 Å². The minimum absolute atomic E-state index is 0.0124. The lowest BCUT2D eigenvalue weighted by molar-refractivity contribution is -0.139. The van der Waals surface area contributed by atoms with Crippen molar-refractivity contribution in [2.45, 2.75) is 33.1 Å². The zero-order chi connectivity index (χ0) is 21.7. The number of esters is 1. The molecule has 0 fully saturated rings. The van der Waals surface area contributed by atoms with Gasteiger partial charge in [-0.05, 0) is 19.8 Å². The van der Waals surface area contributed by atoms with Crippen molar-refractivity contribution >= 4 is 11.8 Å². The molecule has 0 saturated heterocycles. The fourth-order valence-corrected chi connectivity index (χ4v) is 4.55. The molecule has 3 aliphatic rings. The summed E-state index contributed by atoms with van der Waals surface area (Å²) < 4.78 is 11.0. The molecule has 3 N–H and O–H groups in total. The van der Waals surface area contributed by atoms with E-state index in [4.69, 9.17) is 15.2 Å². The van der Waals surface area contributed by atoms with Gasteiger partial charge in [0, 0.05) is 35.6 Å². The first-order chi connectivity index (χ1) is 14.5. The lowest BCUT2D eigenvalue weighted by atomic mass is 9.59. The summed E-state index contributed by atoms with van der Waals surface area (Å²) in [6.07, 6.45) is 9.34. The average Bonchev–Trinajstić information content (AvgIpc) is 2.73. The van der Waals surface area contributed by atoms with Crippen LogP contribution < -0.4 is 11.1 Å². The van der Waals surface area contributed by atoms with Crippen LogP contribution in [0.1, 0.15) is 33.1 Å². The van der Waals surface area contributed by atoms with Gasteiger partial charge in [-0.1, -0.05) is 31.2 Å². The molecule has 7 heteroatoms. The molecule has 1 heterocycles. The van der Waals surface area contributed by atoms with Crippen LogP contribution >= 0.6 is 0 Å². The van der Waals surface area contributed by atoms with E-state index < -0.39 is 23.2 Å². The predicted molar refractivity (Wildman–Crippen MR) is 112 cm³/mol. The Balaban J connectivity index is 2.19. The van der Waals surface area contributed by atoms with Crippen molar-refractivity contribution in [2.24, 2.45) is 23.0 Å². The fraction of sp³-hybridized carbons (Fsp3) is 0.522. The van der Waals surface area contributed by atoms with Crippen LogP contribution in [0.5, 0.6) is 0 Å². The van der Waals surface area contributed by atoms with Crippen molar-refractivity contribution in [1.29, 1.82) is 5.26 Å². The van der Waals surface area contributed by atoms with E-state index in [-0.39, 0.29) is 19.0 Å². The highest BCUT2D eigenvalue weighted by Gasteiger charge is 2.50. The monoisotopic (exact) mass is 411 g/mol. The molecule has 0 aromatic carbocycles. The lowest BCUT2D eigenvalue weighted by Crippen LogP contribution is -2.46. The van der Waals surface area contributed by atoms with Crippen molar-refractivity contribution in [3.63, 3.8) is 0 Å². The molecule has 0 spiro atoms. The minimum Gasteiger partial charge on any atom is -0.463 e. The highest BCUT2D eigenvalue weighted by molar-refractivity contribution is 6.02. The van der Waals surface area contributed by atoms with E-state index in [9.17, 15) is 14.9 Å². The Bertz CT molecular complexity index is 877. The number of ketones is 1. The average molecular weight is 412 g/mol. The maximum Gasteiger partial charge on any atom is 0.336 e. The first-order valence-corrected chi connectivity index (χ1v) is 10.4. The van der Waals surface area contributed by atoms with E-state index in [0.717, 1.165) is 12.1 Å². The Morgan fingerprint density at radius 2 is 2.20 bits per heavy atom. The van der Waals surface area contributed by atoms with Crippen molar-refractivity contribution in [2.75, 3.05) is 26.4 Å². The van der Waals surface area contributed by atoms with E-state index in [1.165, 1.54) is 0 Å². The maximum absolute atomic E-state index is 13.2. The summed E-state index contributed by atoms with van der Waals surface area (Å²) >= 11 is 0. The number of allylic oxidation sites excluding steroid dienone is 6. The SMILES string of the molecule is CCOC(=O)C1=C(COCCN)NC2=C(C(=O)CCC2)C1C1(C)C=CC=CC1C#N.